The van der Waals surface area contributed by atoms with Crippen LogP contribution in [0, 0.1) is 0 Å². The molecule has 0 atom stereocenters. The summed E-state index contributed by atoms with van der Waals surface area (Å²) in [7, 11) is 0. The van der Waals surface area contributed by atoms with Crippen molar-refractivity contribution in [1.29, 1.82) is 0 Å². The molecular formula is C20H31ClN4O2. The van der Waals surface area contributed by atoms with Crippen LogP contribution in [0.3, 0.4) is 0 Å². The molecule has 0 aromatic heterocycles. The molecule has 0 radical (unpaired) electrons. The number of amides is 3. The highest BCUT2D eigenvalue weighted by atomic mass is 35.5. The minimum Gasteiger partial charge on any atom is -0.355 e. The highest BCUT2D eigenvalue weighted by molar-refractivity contribution is 6.30. The van der Waals surface area contributed by atoms with Gasteiger partial charge in [-0.25, -0.2) is 4.79 Å². The van der Waals surface area contributed by atoms with Gasteiger partial charge in [0, 0.05) is 49.7 Å². The molecule has 1 aliphatic rings. The van der Waals surface area contributed by atoms with Crippen LogP contribution in [-0.4, -0.2) is 67.6 Å². The van der Waals surface area contributed by atoms with Gasteiger partial charge in [0.2, 0.25) is 5.91 Å². The number of piperazine rings is 1. The van der Waals surface area contributed by atoms with E-state index in [0.29, 0.717) is 50.8 Å². The topological polar surface area (TPSA) is 64.7 Å². The fraction of sp³-hybridized carbons (Fsp3) is 0.600. The number of carbonyl (C=O) groups is 2. The van der Waals surface area contributed by atoms with Gasteiger partial charge in [0.25, 0.3) is 0 Å². The molecule has 1 heterocycles. The van der Waals surface area contributed by atoms with Gasteiger partial charge in [0.15, 0.2) is 0 Å². The number of benzene rings is 1. The van der Waals surface area contributed by atoms with E-state index in [-0.39, 0.29) is 17.4 Å². The van der Waals surface area contributed by atoms with E-state index in [2.05, 4.69) is 29.4 Å². The maximum absolute atomic E-state index is 12.5. The first-order valence-corrected chi connectivity index (χ1v) is 9.97. The van der Waals surface area contributed by atoms with E-state index in [1.165, 1.54) is 0 Å². The summed E-state index contributed by atoms with van der Waals surface area (Å²) in [6.07, 6.45) is 0.936. The van der Waals surface area contributed by atoms with Crippen LogP contribution in [0.25, 0.3) is 0 Å². The van der Waals surface area contributed by atoms with Crippen LogP contribution >= 0.6 is 11.6 Å². The molecule has 2 rings (SSSR count). The standard InChI is InChI=1S/C20H31ClN4O2/c1-4-8-22-18(26)14-24-9-11-25(12-10-24)19(27)23-15-20(2,3)16-6-5-7-17(21)13-16/h5-7,13H,4,8-12,14-15H2,1-3H3,(H,22,26)(H,23,27). The SMILES string of the molecule is CCCNC(=O)CN1CCN(C(=O)NCC(C)(C)c2cccc(Cl)c2)CC1. The van der Waals surface area contributed by atoms with Gasteiger partial charge in [0.1, 0.15) is 0 Å². The molecule has 1 aliphatic heterocycles. The summed E-state index contributed by atoms with van der Waals surface area (Å²) in [5.41, 5.74) is 0.887. The molecule has 1 aromatic rings. The summed E-state index contributed by atoms with van der Waals surface area (Å²) in [5.74, 6) is 0.0537. The number of carbonyl (C=O) groups excluding carboxylic acids is 2. The molecule has 1 saturated heterocycles. The van der Waals surface area contributed by atoms with Gasteiger partial charge < -0.3 is 15.5 Å². The van der Waals surface area contributed by atoms with Gasteiger partial charge in [-0.3, -0.25) is 9.69 Å². The quantitative estimate of drug-likeness (QED) is 0.746. The number of nitrogens with zero attached hydrogens (tertiary/aromatic N) is 2. The van der Waals surface area contributed by atoms with Crippen LogP contribution in [0.4, 0.5) is 4.79 Å². The maximum atomic E-state index is 12.5. The Labute approximate surface area is 167 Å². The summed E-state index contributed by atoms with van der Waals surface area (Å²) in [5, 5.41) is 6.63. The van der Waals surface area contributed by atoms with Crippen LogP contribution in [0.1, 0.15) is 32.8 Å². The molecule has 0 aliphatic carbocycles. The molecule has 1 aromatic carbocycles. The average molecular weight is 395 g/mol. The minimum atomic E-state index is -0.209. The molecule has 150 valence electrons. The first-order valence-electron chi connectivity index (χ1n) is 9.59. The van der Waals surface area contributed by atoms with Crippen LogP contribution in [-0.2, 0) is 10.2 Å². The number of urea groups is 1. The third-order valence-electron chi connectivity index (χ3n) is 4.89. The third kappa shape index (κ3) is 6.70. The molecule has 0 spiro atoms. The molecule has 6 nitrogen and oxygen atoms in total. The van der Waals surface area contributed by atoms with Crippen LogP contribution < -0.4 is 10.6 Å². The largest absolute Gasteiger partial charge is 0.355 e. The lowest BCUT2D eigenvalue weighted by Gasteiger charge is -2.35. The Kier molecular flexibility index (Phi) is 7.92. The van der Waals surface area contributed by atoms with Crippen molar-refractivity contribution in [3.63, 3.8) is 0 Å². The Morgan fingerprint density at radius 1 is 1.15 bits per heavy atom. The second-order valence-electron chi connectivity index (χ2n) is 7.67. The van der Waals surface area contributed by atoms with Crippen molar-refractivity contribution in [2.24, 2.45) is 0 Å². The summed E-state index contributed by atoms with van der Waals surface area (Å²) in [6.45, 7) is 10.5. The lowest BCUT2D eigenvalue weighted by Crippen LogP contribution is -2.54. The van der Waals surface area contributed by atoms with Crippen LogP contribution in [0.5, 0.6) is 0 Å². The Morgan fingerprint density at radius 3 is 2.48 bits per heavy atom. The fourth-order valence-corrected chi connectivity index (χ4v) is 3.24. The molecule has 27 heavy (non-hydrogen) atoms. The molecular weight excluding hydrogens is 364 g/mol. The van der Waals surface area contributed by atoms with E-state index >= 15 is 0 Å². The second-order valence-corrected chi connectivity index (χ2v) is 8.10. The van der Waals surface area contributed by atoms with Gasteiger partial charge in [-0.1, -0.05) is 44.5 Å². The molecule has 0 unspecified atom stereocenters. The Balaban J connectivity index is 1.76. The summed E-state index contributed by atoms with van der Waals surface area (Å²) in [6, 6.07) is 7.69. The summed E-state index contributed by atoms with van der Waals surface area (Å²) in [4.78, 5) is 28.2. The van der Waals surface area contributed by atoms with Gasteiger partial charge >= 0.3 is 6.03 Å². The first kappa shape index (κ1) is 21.5. The summed E-state index contributed by atoms with van der Waals surface area (Å²) >= 11 is 6.08. The normalized spacial score (nSPS) is 15.5. The number of nitrogens with one attached hydrogen (secondary N) is 2. The van der Waals surface area contributed by atoms with Crippen molar-refractivity contribution in [1.82, 2.24) is 20.4 Å². The van der Waals surface area contributed by atoms with Crippen LogP contribution in [0.2, 0.25) is 5.02 Å². The van der Waals surface area contributed by atoms with Gasteiger partial charge in [-0.15, -0.1) is 0 Å². The van der Waals surface area contributed by atoms with Gasteiger partial charge in [0.05, 0.1) is 6.54 Å². The van der Waals surface area contributed by atoms with E-state index in [1.54, 1.807) is 0 Å². The highest BCUT2D eigenvalue weighted by Crippen LogP contribution is 2.24. The average Bonchev–Trinajstić information content (AvgIpc) is 2.65. The lowest BCUT2D eigenvalue weighted by atomic mass is 9.84. The zero-order valence-corrected chi connectivity index (χ0v) is 17.3. The van der Waals surface area contributed by atoms with Crippen molar-refractivity contribution >= 4 is 23.5 Å². The summed E-state index contributed by atoms with van der Waals surface area (Å²) < 4.78 is 0. The van der Waals surface area contributed by atoms with Gasteiger partial charge in [-0.05, 0) is 24.1 Å². The molecule has 3 amide bonds. The fourth-order valence-electron chi connectivity index (χ4n) is 3.05. The Bertz CT molecular complexity index is 643. The molecule has 2 N–H and O–H groups in total. The Hall–Kier alpha value is -1.79. The Morgan fingerprint density at radius 2 is 1.85 bits per heavy atom. The van der Waals surface area contributed by atoms with Crippen molar-refractivity contribution < 1.29 is 9.59 Å². The number of halogens is 1. The number of hydrogen-bond acceptors (Lipinski definition) is 3. The predicted octanol–water partition coefficient (Wildman–Crippen LogP) is 2.47. The van der Waals surface area contributed by atoms with Crippen LogP contribution in [0.15, 0.2) is 24.3 Å². The monoisotopic (exact) mass is 394 g/mol. The minimum absolute atomic E-state index is 0.0537. The number of hydrogen-bond donors (Lipinski definition) is 2. The first-order chi connectivity index (χ1) is 12.8. The third-order valence-corrected chi connectivity index (χ3v) is 5.12. The van der Waals surface area contributed by atoms with E-state index in [9.17, 15) is 9.59 Å². The van der Waals surface area contributed by atoms with E-state index < -0.39 is 0 Å². The zero-order valence-electron chi connectivity index (χ0n) is 16.6. The van der Waals surface area contributed by atoms with E-state index in [1.807, 2.05) is 36.1 Å². The van der Waals surface area contributed by atoms with Crippen molar-refractivity contribution in [2.75, 3.05) is 45.8 Å². The smallest absolute Gasteiger partial charge is 0.317 e. The van der Waals surface area contributed by atoms with Crippen molar-refractivity contribution in [2.45, 2.75) is 32.6 Å². The maximum Gasteiger partial charge on any atom is 0.317 e. The molecule has 1 fully saturated rings. The van der Waals surface area contributed by atoms with E-state index in [0.717, 1.165) is 12.0 Å². The predicted molar refractivity (Wildman–Crippen MR) is 109 cm³/mol. The molecule has 0 saturated carbocycles. The lowest BCUT2D eigenvalue weighted by molar-refractivity contribution is -0.122. The highest BCUT2D eigenvalue weighted by Gasteiger charge is 2.25. The zero-order chi connectivity index (χ0) is 19.9. The number of rotatable bonds is 7. The molecule has 7 heteroatoms. The van der Waals surface area contributed by atoms with Gasteiger partial charge in [-0.2, -0.15) is 0 Å². The van der Waals surface area contributed by atoms with Crippen molar-refractivity contribution in [3.05, 3.63) is 34.9 Å². The molecule has 0 bridgehead atoms. The second kappa shape index (κ2) is 9.95. The van der Waals surface area contributed by atoms with Crippen molar-refractivity contribution in [3.8, 4) is 0 Å². The van der Waals surface area contributed by atoms with E-state index in [4.69, 9.17) is 11.6 Å².